The first kappa shape index (κ1) is 27.8. The topological polar surface area (TPSA) is 61.6 Å². The molecule has 1 N–H and O–H groups in total. The van der Waals surface area contributed by atoms with Crippen molar-refractivity contribution in [2.75, 3.05) is 37.6 Å². The highest BCUT2D eigenvalue weighted by Crippen LogP contribution is 2.26. The molecule has 4 aromatic rings. The first-order valence-corrected chi connectivity index (χ1v) is 14.3. The van der Waals surface area contributed by atoms with Gasteiger partial charge in [0.2, 0.25) is 5.95 Å². The standard InChI is InChI=1S/C33H39FN4O2/c1-33(2,31(39)40)23-26-11-9-25(10-12-26)17-22-36-18-5-20-37(21-6-19-36)32-35-29-7-3-4-8-30(29)38(32)24-27-13-15-28(34)16-14-27/h3-4,7-16H,5-6,17-24H2,1-2H3,(H,39,40). The summed E-state index contributed by atoms with van der Waals surface area (Å²) in [6, 6.07) is 23.4. The Bertz CT molecular complexity index is 1420. The number of carboxylic acids is 1. The van der Waals surface area contributed by atoms with Gasteiger partial charge < -0.3 is 19.5 Å². The minimum atomic E-state index is -0.766. The summed E-state index contributed by atoms with van der Waals surface area (Å²) in [6.45, 7) is 9.18. The maximum atomic E-state index is 13.5. The number of benzene rings is 3. The van der Waals surface area contributed by atoms with Crippen LogP contribution in [0.5, 0.6) is 0 Å². The molecule has 7 heteroatoms. The molecule has 1 aliphatic heterocycles. The van der Waals surface area contributed by atoms with Gasteiger partial charge in [0.25, 0.3) is 0 Å². The average Bonchev–Trinajstić information content (AvgIpc) is 3.28. The molecule has 0 spiro atoms. The van der Waals surface area contributed by atoms with Gasteiger partial charge in [-0.2, -0.15) is 0 Å². The molecular formula is C33H39FN4O2. The van der Waals surface area contributed by atoms with Gasteiger partial charge in [-0.25, -0.2) is 9.37 Å². The van der Waals surface area contributed by atoms with Crippen LogP contribution in [0.25, 0.3) is 11.0 Å². The van der Waals surface area contributed by atoms with Crippen molar-refractivity contribution in [3.63, 3.8) is 0 Å². The van der Waals surface area contributed by atoms with E-state index in [-0.39, 0.29) is 5.82 Å². The number of carbonyl (C=O) groups is 1. The van der Waals surface area contributed by atoms with Crippen LogP contribution in [0.15, 0.2) is 72.8 Å². The van der Waals surface area contributed by atoms with E-state index in [2.05, 4.69) is 50.8 Å². The summed E-state index contributed by atoms with van der Waals surface area (Å²) in [4.78, 5) is 21.4. The fraction of sp³-hybridized carbons (Fsp3) is 0.394. The van der Waals surface area contributed by atoms with Gasteiger partial charge in [0, 0.05) is 19.6 Å². The van der Waals surface area contributed by atoms with Crippen molar-refractivity contribution < 1.29 is 14.3 Å². The quantitative estimate of drug-likeness (QED) is 0.280. The second kappa shape index (κ2) is 12.2. The normalized spacial score (nSPS) is 15.2. The van der Waals surface area contributed by atoms with E-state index in [1.54, 1.807) is 13.8 Å². The highest BCUT2D eigenvalue weighted by molar-refractivity contribution is 5.79. The molecule has 0 bridgehead atoms. The van der Waals surface area contributed by atoms with Crippen LogP contribution in [0.4, 0.5) is 10.3 Å². The molecule has 5 rings (SSSR count). The number of aromatic nitrogens is 2. The highest BCUT2D eigenvalue weighted by Gasteiger charge is 2.27. The summed E-state index contributed by atoms with van der Waals surface area (Å²) in [5.74, 6) is 0.00655. The van der Waals surface area contributed by atoms with E-state index in [1.807, 2.05) is 24.3 Å². The predicted octanol–water partition coefficient (Wildman–Crippen LogP) is 6.02. The number of imidazole rings is 1. The van der Waals surface area contributed by atoms with E-state index >= 15 is 0 Å². The Labute approximate surface area is 236 Å². The molecular weight excluding hydrogens is 503 g/mol. The lowest BCUT2D eigenvalue weighted by Crippen LogP contribution is -2.38. The van der Waals surface area contributed by atoms with Crippen LogP contribution in [0, 0.1) is 11.2 Å². The number of hydrogen-bond donors (Lipinski definition) is 1. The number of hydrogen-bond acceptors (Lipinski definition) is 4. The number of fused-ring (bicyclic) bond motifs is 1. The Morgan fingerprint density at radius 1 is 0.875 bits per heavy atom. The van der Waals surface area contributed by atoms with E-state index < -0.39 is 11.4 Å². The summed E-state index contributed by atoms with van der Waals surface area (Å²) in [6.07, 6.45) is 3.63. The van der Waals surface area contributed by atoms with Gasteiger partial charge in [0.1, 0.15) is 5.82 Å². The van der Waals surface area contributed by atoms with Crippen molar-refractivity contribution in [2.24, 2.45) is 5.41 Å². The zero-order valence-electron chi connectivity index (χ0n) is 23.5. The predicted molar refractivity (Wildman–Crippen MR) is 158 cm³/mol. The van der Waals surface area contributed by atoms with E-state index in [0.29, 0.717) is 13.0 Å². The molecule has 0 saturated carbocycles. The van der Waals surface area contributed by atoms with Gasteiger partial charge in [-0.1, -0.05) is 48.5 Å². The van der Waals surface area contributed by atoms with Gasteiger partial charge >= 0.3 is 5.97 Å². The molecule has 6 nitrogen and oxygen atoms in total. The average molecular weight is 543 g/mol. The van der Waals surface area contributed by atoms with E-state index in [1.165, 1.54) is 17.7 Å². The first-order valence-electron chi connectivity index (χ1n) is 14.3. The summed E-state index contributed by atoms with van der Waals surface area (Å²) in [5, 5.41) is 9.40. The molecule has 0 unspecified atom stereocenters. The fourth-order valence-electron chi connectivity index (χ4n) is 5.55. The summed E-state index contributed by atoms with van der Waals surface area (Å²) >= 11 is 0. The lowest BCUT2D eigenvalue weighted by atomic mass is 9.86. The molecule has 2 heterocycles. The van der Waals surface area contributed by atoms with E-state index in [9.17, 15) is 14.3 Å². The molecule has 3 aromatic carbocycles. The number of nitrogens with zero attached hydrogens (tertiary/aromatic N) is 4. The van der Waals surface area contributed by atoms with Gasteiger partial charge in [0.15, 0.2) is 0 Å². The summed E-state index contributed by atoms with van der Waals surface area (Å²) in [5.41, 5.74) is 4.74. The molecule has 40 heavy (non-hydrogen) atoms. The number of halogens is 1. The number of anilines is 1. The molecule has 0 radical (unpaired) electrons. The summed E-state index contributed by atoms with van der Waals surface area (Å²) in [7, 11) is 0. The van der Waals surface area contributed by atoms with Crippen LogP contribution in [-0.2, 0) is 24.2 Å². The van der Waals surface area contributed by atoms with Crippen molar-refractivity contribution in [3.8, 4) is 0 Å². The van der Waals surface area contributed by atoms with Gasteiger partial charge in [-0.15, -0.1) is 0 Å². The van der Waals surface area contributed by atoms with E-state index in [0.717, 1.165) is 80.1 Å². The molecule has 0 atom stereocenters. The van der Waals surface area contributed by atoms with Crippen LogP contribution in [0.3, 0.4) is 0 Å². The van der Waals surface area contributed by atoms with E-state index in [4.69, 9.17) is 4.98 Å². The molecule has 0 amide bonds. The van der Waals surface area contributed by atoms with Crippen molar-refractivity contribution in [2.45, 2.75) is 46.1 Å². The SMILES string of the molecule is CC(C)(Cc1ccc(CCN2CCCN(c3nc4ccccc4n3Cc3ccc(F)cc3)CCC2)cc1)C(=O)O. The minimum absolute atomic E-state index is 0.218. The Hall–Kier alpha value is -3.71. The third-order valence-electron chi connectivity index (χ3n) is 7.94. The zero-order valence-corrected chi connectivity index (χ0v) is 23.5. The zero-order chi connectivity index (χ0) is 28.1. The number of rotatable bonds is 9. The molecule has 1 aromatic heterocycles. The van der Waals surface area contributed by atoms with Crippen molar-refractivity contribution in [1.82, 2.24) is 14.5 Å². The number of aliphatic carboxylic acids is 1. The second-order valence-electron chi connectivity index (χ2n) is 11.6. The fourth-order valence-corrected chi connectivity index (χ4v) is 5.55. The van der Waals surface area contributed by atoms with Crippen molar-refractivity contribution >= 4 is 23.0 Å². The lowest BCUT2D eigenvalue weighted by Gasteiger charge is -2.31. The summed E-state index contributed by atoms with van der Waals surface area (Å²) < 4.78 is 15.8. The monoisotopic (exact) mass is 542 g/mol. The van der Waals surface area contributed by atoms with Gasteiger partial charge in [0.05, 0.1) is 23.0 Å². The lowest BCUT2D eigenvalue weighted by molar-refractivity contribution is -0.146. The van der Waals surface area contributed by atoms with Crippen LogP contribution in [-0.4, -0.2) is 58.3 Å². The first-order chi connectivity index (χ1) is 19.3. The Kier molecular flexibility index (Phi) is 8.50. The number of para-hydroxylation sites is 2. The van der Waals surface area contributed by atoms with Gasteiger partial charge in [-0.05, 0) is 93.6 Å². The molecule has 0 aliphatic carbocycles. The smallest absolute Gasteiger partial charge is 0.309 e. The maximum Gasteiger partial charge on any atom is 0.309 e. The van der Waals surface area contributed by atoms with Crippen LogP contribution in [0.2, 0.25) is 0 Å². The van der Waals surface area contributed by atoms with Crippen LogP contribution < -0.4 is 4.90 Å². The molecule has 1 aliphatic rings. The Morgan fingerprint density at radius 2 is 1.50 bits per heavy atom. The third kappa shape index (κ3) is 6.70. The second-order valence-corrected chi connectivity index (χ2v) is 11.6. The third-order valence-corrected chi connectivity index (χ3v) is 7.94. The Morgan fingerprint density at radius 3 is 2.17 bits per heavy atom. The number of carboxylic acid groups (broad SMARTS) is 1. The molecule has 210 valence electrons. The van der Waals surface area contributed by atoms with Crippen molar-refractivity contribution in [1.29, 1.82) is 0 Å². The minimum Gasteiger partial charge on any atom is -0.481 e. The van der Waals surface area contributed by atoms with Gasteiger partial charge in [-0.3, -0.25) is 4.79 Å². The maximum absolute atomic E-state index is 13.5. The van der Waals surface area contributed by atoms with Crippen molar-refractivity contribution in [3.05, 3.63) is 95.3 Å². The Balaban J connectivity index is 1.19. The molecule has 1 saturated heterocycles. The highest BCUT2D eigenvalue weighted by atomic mass is 19.1. The largest absolute Gasteiger partial charge is 0.481 e. The van der Waals surface area contributed by atoms with Crippen LogP contribution >= 0.6 is 0 Å². The van der Waals surface area contributed by atoms with Crippen LogP contribution in [0.1, 0.15) is 43.4 Å². The molecule has 1 fully saturated rings.